The van der Waals surface area contributed by atoms with E-state index in [2.05, 4.69) is 4.90 Å². The van der Waals surface area contributed by atoms with E-state index in [4.69, 9.17) is 0 Å². The molecule has 0 N–H and O–H groups in total. The van der Waals surface area contributed by atoms with Crippen molar-refractivity contribution in [3.63, 3.8) is 0 Å². The highest BCUT2D eigenvalue weighted by Crippen LogP contribution is 2.28. The van der Waals surface area contributed by atoms with Gasteiger partial charge in [-0.3, -0.25) is 0 Å². The summed E-state index contributed by atoms with van der Waals surface area (Å²) < 4.78 is 27.5. The van der Waals surface area contributed by atoms with E-state index in [1.54, 1.807) is 10.4 Å². The van der Waals surface area contributed by atoms with Gasteiger partial charge in [-0.2, -0.15) is 4.31 Å². The quantitative estimate of drug-likeness (QED) is 0.872. The van der Waals surface area contributed by atoms with Crippen molar-refractivity contribution < 1.29 is 8.42 Å². The van der Waals surface area contributed by atoms with Crippen molar-refractivity contribution in [3.8, 4) is 0 Å². The lowest BCUT2D eigenvalue weighted by molar-refractivity contribution is 0.302. The van der Waals surface area contributed by atoms with Gasteiger partial charge in [0.15, 0.2) is 0 Å². The van der Waals surface area contributed by atoms with Crippen molar-refractivity contribution in [2.24, 2.45) is 0 Å². The summed E-state index contributed by atoms with van der Waals surface area (Å²) in [4.78, 5) is 2.51. The minimum absolute atomic E-state index is 0.301. The van der Waals surface area contributed by atoms with E-state index in [-0.39, 0.29) is 0 Å². The Hall–Kier alpha value is -1.43. The molecule has 1 aliphatic rings. The highest BCUT2D eigenvalue weighted by molar-refractivity contribution is 7.89. The molecule has 0 aromatic heterocycles. The van der Waals surface area contributed by atoms with Crippen LogP contribution < -0.4 is 0 Å². The number of rotatable bonds is 3. The maximum Gasteiger partial charge on any atom is 0.243 e. The van der Waals surface area contributed by atoms with Crippen molar-refractivity contribution >= 4 is 20.8 Å². The summed E-state index contributed by atoms with van der Waals surface area (Å²) in [7, 11) is 0.572. The van der Waals surface area contributed by atoms with Crippen LogP contribution in [0.25, 0.3) is 10.8 Å². The molecule has 4 nitrogen and oxygen atoms in total. The molecule has 112 valence electrons. The number of fused-ring (bicyclic) bond motifs is 1. The standard InChI is InChI=1S/C16H20N2O2S/c1-17(2)14-10-11-18(12-14)21(19,20)16-9-5-7-13-6-3-4-8-15(13)16/h3-9,14H,10-12H2,1-2H3. The fourth-order valence-corrected chi connectivity index (χ4v) is 4.62. The molecule has 0 spiro atoms. The molecule has 1 heterocycles. The van der Waals surface area contributed by atoms with Gasteiger partial charge in [0.1, 0.15) is 0 Å². The van der Waals surface area contributed by atoms with E-state index in [0.29, 0.717) is 24.0 Å². The van der Waals surface area contributed by atoms with E-state index < -0.39 is 10.0 Å². The van der Waals surface area contributed by atoms with Crippen molar-refractivity contribution in [1.29, 1.82) is 0 Å². The highest BCUT2D eigenvalue weighted by Gasteiger charge is 2.34. The minimum atomic E-state index is -3.43. The first-order chi connectivity index (χ1) is 10.00. The van der Waals surface area contributed by atoms with Crippen LogP contribution in [0.1, 0.15) is 6.42 Å². The lowest BCUT2D eigenvalue weighted by Crippen LogP contribution is -2.34. The largest absolute Gasteiger partial charge is 0.305 e. The third-order valence-electron chi connectivity index (χ3n) is 4.22. The number of benzene rings is 2. The van der Waals surface area contributed by atoms with E-state index in [1.807, 2.05) is 50.5 Å². The van der Waals surface area contributed by atoms with Gasteiger partial charge < -0.3 is 4.90 Å². The molecule has 5 heteroatoms. The molecule has 21 heavy (non-hydrogen) atoms. The van der Waals surface area contributed by atoms with Crippen molar-refractivity contribution in [2.75, 3.05) is 27.2 Å². The van der Waals surface area contributed by atoms with Gasteiger partial charge in [-0.1, -0.05) is 36.4 Å². The Balaban J connectivity index is 2.02. The number of hydrogen-bond donors (Lipinski definition) is 0. The maximum absolute atomic E-state index is 12.9. The zero-order chi connectivity index (χ0) is 15.0. The molecule has 2 aromatic rings. The van der Waals surface area contributed by atoms with Crippen molar-refractivity contribution in [3.05, 3.63) is 42.5 Å². The Morgan fingerprint density at radius 2 is 1.81 bits per heavy atom. The van der Waals surface area contributed by atoms with Crippen LogP contribution in [0, 0.1) is 0 Å². The SMILES string of the molecule is CN(C)C1CCN(S(=O)(=O)c2cccc3ccccc23)C1. The predicted molar refractivity (Wildman–Crippen MR) is 84.8 cm³/mol. The Morgan fingerprint density at radius 3 is 2.52 bits per heavy atom. The van der Waals surface area contributed by atoms with Crippen LogP contribution >= 0.6 is 0 Å². The van der Waals surface area contributed by atoms with Gasteiger partial charge >= 0.3 is 0 Å². The Labute approximate surface area is 126 Å². The second-order valence-electron chi connectivity index (χ2n) is 5.75. The van der Waals surface area contributed by atoms with Gasteiger partial charge in [0, 0.05) is 24.5 Å². The fraction of sp³-hybridized carbons (Fsp3) is 0.375. The molecule has 0 radical (unpaired) electrons. The minimum Gasteiger partial charge on any atom is -0.305 e. The summed E-state index contributed by atoms with van der Waals surface area (Å²) in [5.41, 5.74) is 0. The Bertz CT molecular complexity index is 750. The third kappa shape index (κ3) is 2.57. The predicted octanol–water partition coefficient (Wildman–Crippen LogP) is 2.16. The molecule has 2 aromatic carbocycles. The number of likely N-dealkylation sites (N-methyl/N-ethyl adjacent to an activating group) is 1. The smallest absolute Gasteiger partial charge is 0.243 e. The van der Waals surface area contributed by atoms with E-state index in [0.717, 1.165) is 17.2 Å². The van der Waals surface area contributed by atoms with Crippen LogP contribution in [-0.4, -0.2) is 50.8 Å². The molecular weight excluding hydrogens is 284 g/mol. The molecule has 0 saturated carbocycles. The van der Waals surface area contributed by atoms with E-state index in [1.165, 1.54) is 0 Å². The number of nitrogens with zero attached hydrogens (tertiary/aromatic N) is 2. The Kier molecular flexibility index (Phi) is 3.73. The van der Waals surface area contributed by atoms with Gasteiger partial charge in [0.25, 0.3) is 0 Å². The van der Waals surface area contributed by atoms with Crippen LogP contribution in [0.5, 0.6) is 0 Å². The van der Waals surface area contributed by atoms with Gasteiger partial charge in [-0.15, -0.1) is 0 Å². The normalized spacial score (nSPS) is 20.4. The number of hydrogen-bond acceptors (Lipinski definition) is 3. The number of sulfonamides is 1. The van der Waals surface area contributed by atoms with E-state index >= 15 is 0 Å². The van der Waals surface area contributed by atoms with Crippen LogP contribution in [0.4, 0.5) is 0 Å². The zero-order valence-corrected chi connectivity index (χ0v) is 13.2. The highest BCUT2D eigenvalue weighted by atomic mass is 32.2. The first kappa shape index (κ1) is 14.5. The molecule has 1 saturated heterocycles. The molecule has 1 atom stereocenters. The molecule has 1 aliphatic heterocycles. The summed E-state index contributed by atoms with van der Waals surface area (Å²) in [5, 5.41) is 1.76. The Morgan fingerprint density at radius 1 is 1.10 bits per heavy atom. The summed E-state index contributed by atoms with van der Waals surface area (Å²) >= 11 is 0. The first-order valence-corrected chi connectivity index (χ1v) is 8.58. The summed E-state index contributed by atoms with van der Waals surface area (Å²) in [6, 6.07) is 13.4. The maximum atomic E-state index is 12.9. The molecule has 0 amide bonds. The average molecular weight is 304 g/mol. The molecule has 0 aliphatic carbocycles. The van der Waals surface area contributed by atoms with Crippen LogP contribution in [0.15, 0.2) is 47.4 Å². The molecule has 1 fully saturated rings. The van der Waals surface area contributed by atoms with Crippen LogP contribution in [0.2, 0.25) is 0 Å². The van der Waals surface area contributed by atoms with Crippen molar-refractivity contribution in [1.82, 2.24) is 9.21 Å². The summed E-state index contributed by atoms with van der Waals surface area (Å²) in [6.07, 6.45) is 0.886. The monoisotopic (exact) mass is 304 g/mol. The second kappa shape index (κ2) is 5.40. The van der Waals surface area contributed by atoms with Gasteiger partial charge in [0.2, 0.25) is 10.0 Å². The topological polar surface area (TPSA) is 40.6 Å². The molecule has 1 unspecified atom stereocenters. The molecular formula is C16H20N2O2S. The van der Waals surface area contributed by atoms with Crippen LogP contribution in [-0.2, 0) is 10.0 Å². The van der Waals surface area contributed by atoms with Crippen molar-refractivity contribution in [2.45, 2.75) is 17.4 Å². The average Bonchev–Trinajstić information content (AvgIpc) is 2.97. The lowest BCUT2D eigenvalue weighted by Gasteiger charge is -2.21. The molecule has 0 bridgehead atoms. The summed E-state index contributed by atoms with van der Waals surface area (Å²) in [5.74, 6) is 0. The second-order valence-corrected chi connectivity index (χ2v) is 7.65. The van der Waals surface area contributed by atoms with Gasteiger partial charge in [-0.05, 0) is 32.0 Å². The fourth-order valence-electron chi connectivity index (χ4n) is 2.91. The summed E-state index contributed by atoms with van der Waals surface area (Å²) in [6.45, 7) is 1.16. The van der Waals surface area contributed by atoms with Gasteiger partial charge in [0.05, 0.1) is 4.90 Å². The lowest BCUT2D eigenvalue weighted by atomic mass is 10.1. The van der Waals surface area contributed by atoms with E-state index in [9.17, 15) is 8.42 Å². The van der Waals surface area contributed by atoms with Crippen LogP contribution in [0.3, 0.4) is 0 Å². The first-order valence-electron chi connectivity index (χ1n) is 7.14. The third-order valence-corrected chi connectivity index (χ3v) is 6.15. The molecule has 3 rings (SSSR count). The zero-order valence-electron chi connectivity index (χ0n) is 12.4. The van der Waals surface area contributed by atoms with Gasteiger partial charge in [-0.25, -0.2) is 8.42 Å².